The average Bonchev–Trinajstić information content (AvgIpc) is 2.23. The van der Waals surface area contributed by atoms with Crippen LogP contribution in [-0.4, -0.2) is 12.6 Å². The zero-order valence-corrected chi connectivity index (χ0v) is 8.13. The number of anilines is 1. The Balaban J connectivity index is 2.89. The molecular formula is C10H9F2N3O. The van der Waals surface area contributed by atoms with E-state index in [1.165, 1.54) is 12.1 Å². The summed E-state index contributed by atoms with van der Waals surface area (Å²) in [6.07, 6.45) is 2.52. The fourth-order valence-corrected chi connectivity index (χ4v) is 1.01. The molecule has 1 amide bonds. The molecule has 4 nitrogen and oxygen atoms in total. The number of benzene rings is 1. The molecule has 0 saturated carbocycles. The maximum Gasteiger partial charge on any atom is 0.212 e. The highest BCUT2D eigenvalue weighted by molar-refractivity contribution is 5.72. The fraction of sp³-hybridized carbons (Fsp3) is 0. The van der Waals surface area contributed by atoms with Crippen LogP contribution in [0.3, 0.4) is 0 Å². The highest BCUT2D eigenvalue weighted by Crippen LogP contribution is 2.15. The second-order valence-corrected chi connectivity index (χ2v) is 2.76. The first-order valence-electron chi connectivity index (χ1n) is 4.30. The smallest absolute Gasteiger partial charge is 0.212 e. The molecule has 16 heavy (non-hydrogen) atoms. The van der Waals surface area contributed by atoms with Gasteiger partial charge in [0.25, 0.3) is 0 Å². The van der Waals surface area contributed by atoms with Crippen LogP contribution < -0.4 is 10.6 Å². The molecular weight excluding hydrogens is 216 g/mol. The van der Waals surface area contributed by atoms with Crippen molar-refractivity contribution in [2.45, 2.75) is 0 Å². The number of carbonyl (C=O) groups excluding carboxylic acids is 1. The van der Waals surface area contributed by atoms with Crippen molar-refractivity contribution in [2.75, 3.05) is 5.32 Å². The van der Waals surface area contributed by atoms with Crippen molar-refractivity contribution < 1.29 is 13.6 Å². The highest BCUT2D eigenvalue weighted by atomic mass is 19.1. The molecule has 0 aliphatic carbocycles. The van der Waals surface area contributed by atoms with E-state index in [1.54, 1.807) is 0 Å². The molecule has 0 aliphatic rings. The Morgan fingerprint density at radius 3 is 2.69 bits per heavy atom. The van der Waals surface area contributed by atoms with Crippen molar-refractivity contribution in [3.05, 3.63) is 41.7 Å². The predicted molar refractivity (Wildman–Crippen MR) is 56.0 cm³/mol. The molecule has 0 atom stereocenters. The summed E-state index contributed by atoms with van der Waals surface area (Å²) in [4.78, 5) is 10.2. The van der Waals surface area contributed by atoms with Crippen LogP contribution in [-0.2, 0) is 4.79 Å². The molecule has 0 bridgehead atoms. The standard InChI is InChI=1S/C10H9F2N3O/c11-7-1-2-9(8(12)5-7)15-10(3-4-13)14-6-16/h1-6,13,15H,(H,14,16)/b10-3-,13-4?. The largest absolute Gasteiger partial charge is 0.339 e. The van der Waals surface area contributed by atoms with Crippen LogP contribution in [0.4, 0.5) is 14.5 Å². The van der Waals surface area contributed by atoms with Crippen molar-refractivity contribution in [3.8, 4) is 0 Å². The third-order valence-corrected chi connectivity index (χ3v) is 1.66. The number of hydrogen-bond donors (Lipinski definition) is 3. The summed E-state index contributed by atoms with van der Waals surface area (Å²) in [5, 5.41) is 11.5. The maximum atomic E-state index is 13.2. The molecule has 0 aromatic heterocycles. The van der Waals surface area contributed by atoms with Crippen LogP contribution in [0.1, 0.15) is 0 Å². The van der Waals surface area contributed by atoms with E-state index in [0.717, 1.165) is 12.3 Å². The van der Waals surface area contributed by atoms with Crippen molar-refractivity contribution in [1.29, 1.82) is 5.41 Å². The number of amides is 1. The maximum absolute atomic E-state index is 13.2. The van der Waals surface area contributed by atoms with Crippen LogP contribution >= 0.6 is 0 Å². The topological polar surface area (TPSA) is 65.0 Å². The molecule has 0 saturated heterocycles. The Morgan fingerprint density at radius 1 is 1.38 bits per heavy atom. The molecule has 0 aliphatic heterocycles. The molecule has 0 radical (unpaired) electrons. The number of halogens is 2. The molecule has 0 unspecified atom stereocenters. The van der Waals surface area contributed by atoms with Crippen LogP contribution in [0, 0.1) is 17.0 Å². The molecule has 0 heterocycles. The third-order valence-electron chi connectivity index (χ3n) is 1.66. The van der Waals surface area contributed by atoms with E-state index in [0.29, 0.717) is 12.5 Å². The van der Waals surface area contributed by atoms with Gasteiger partial charge in [0.1, 0.15) is 17.5 Å². The summed E-state index contributed by atoms with van der Waals surface area (Å²) in [5.41, 5.74) is 0.00356. The summed E-state index contributed by atoms with van der Waals surface area (Å²) >= 11 is 0. The van der Waals surface area contributed by atoms with Gasteiger partial charge >= 0.3 is 0 Å². The van der Waals surface area contributed by atoms with Gasteiger partial charge < -0.3 is 16.0 Å². The Kier molecular flexibility index (Phi) is 4.14. The highest BCUT2D eigenvalue weighted by Gasteiger charge is 2.04. The molecule has 1 aromatic rings. The molecule has 3 N–H and O–H groups in total. The minimum absolute atomic E-state index is 0.00356. The summed E-state index contributed by atoms with van der Waals surface area (Å²) in [7, 11) is 0. The monoisotopic (exact) mass is 225 g/mol. The summed E-state index contributed by atoms with van der Waals surface area (Å²) in [6, 6.07) is 2.98. The molecule has 0 spiro atoms. The first-order valence-corrected chi connectivity index (χ1v) is 4.30. The summed E-state index contributed by atoms with van der Waals surface area (Å²) < 4.78 is 25.8. The van der Waals surface area contributed by atoms with Crippen molar-refractivity contribution in [2.24, 2.45) is 0 Å². The van der Waals surface area contributed by atoms with Gasteiger partial charge in [-0.2, -0.15) is 0 Å². The second-order valence-electron chi connectivity index (χ2n) is 2.76. The van der Waals surface area contributed by atoms with Crippen molar-refractivity contribution in [1.82, 2.24) is 5.32 Å². The summed E-state index contributed by atoms with van der Waals surface area (Å²) in [6.45, 7) is 0. The van der Waals surface area contributed by atoms with Crippen LogP contribution in [0.15, 0.2) is 30.1 Å². The Hall–Kier alpha value is -2.24. The summed E-state index contributed by atoms with van der Waals surface area (Å²) in [5.74, 6) is -1.36. The van der Waals surface area contributed by atoms with Gasteiger partial charge in [-0.1, -0.05) is 0 Å². The van der Waals surface area contributed by atoms with Gasteiger partial charge in [-0.25, -0.2) is 8.78 Å². The molecule has 84 valence electrons. The minimum atomic E-state index is -0.788. The lowest BCUT2D eigenvalue weighted by Crippen LogP contribution is -2.18. The van der Waals surface area contributed by atoms with Gasteiger partial charge in [0.05, 0.1) is 5.69 Å². The first-order chi connectivity index (χ1) is 7.67. The van der Waals surface area contributed by atoms with E-state index in [9.17, 15) is 13.6 Å². The first kappa shape index (κ1) is 11.8. The number of rotatable bonds is 5. The predicted octanol–water partition coefficient (Wildman–Crippen LogP) is 1.61. The number of nitrogens with one attached hydrogen (secondary N) is 3. The van der Waals surface area contributed by atoms with Gasteiger partial charge in [-0.05, 0) is 18.2 Å². The normalized spacial score (nSPS) is 10.8. The van der Waals surface area contributed by atoms with Gasteiger partial charge in [-0.3, -0.25) is 4.79 Å². The zero-order valence-electron chi connectivity index (χ0n) is 8.13. The fourth-order valence-electron chi connectivity index (χ4n) is 1.01. The molecule has 1 aromatic carbocycles. The van der Waals surface area contributed by atoms with E-state index >= 15 is 0 Å². The van der Waals surface area contributed by atoms with E-state index in [4.69, 9.17) is 5.41 Å². The lowest BCUT2D eigenvalue weighted by molar-refractivity contribution is -0.108. The molecule has 6 heteroatoms. The van der Waals surface area contributed by atoms with Crippen LogP contribution in [0.25, 0.3) is 0 Å². The second kappa shape index (κ2) is 5.59. The van der Waals surface area contributed by atoms with Gasteiger partial charge in [0.2, 0.25) is 6.41 Å². The Morgan fingerprint density at radius 2 is 2.12 bits per heavy atom. The lowest BCUT2D eigenvalue weighted by atomic mass is 10.3. The lowest BCUT2D eigenvalue weighted by Gasteiger charge is -2.09. The van der Waals surface area contributed by atoms with E-state index < -0.39 is 11.6 Å². The van der Waals surface area contributed by atoms with Gasteiger partial charge in [0.15, 0.2) is 0 Å². The quantitative estimate of drug-likeness (QED) is 0.526. The van der Waals surface area contributed by atoms with Crippen molar-refractivity contribution in [3.63, 3.8) is 0 Å². The van der Waals surface area contributed by atoms with E-state index in [1.807, 2.05) is 0 Å². The van der Waals surface area contributed by atoms with Crippen molar-refractivity contribution >= 4 is 18.3 Å². The Labute approximate surface area is 90.5 Å². The Bertz CT molecular complexity index is 432. The van der Waals surface area contributed by atoms with Gasteiger partial charge in [-0.15, -0.1) is 0 Å². The third kappa shape index (κ3) is 3.16. The minimum Gasteiger partial charge on any atom is -0.339 e. The number of carbonyl (C=O) groups is 1. The van der Waals surface area contributed by atoms with E-state index in [2.05, 4.69) is 10.6 Å². The number of allylic oxidation sites excluding steroid dienone is 1. The van der Waals surface area contributed by atoms with Gasteiger partial charge in [0, 0.05) is 12.3 Å². The van der Waals surface area contributed by atoms with Crippen LogP contribution in [0.5, 0.6) is 0 Å². The molecule has 1 rings (SSSR count). The average molecular weight is 225 g/mol. The SMILES string of the molecule is N=C/C=C(/NC=O)Nc1ccc(F)cc1F. The van der Waals surface area contributed by atoms with Crippen LogP contribution in [0.2, 0.25) is 0 Å². The number of hydrogen-bond acceptors (Lipinski definition) is 3. The van der Waals surface area contributed by atoms with E-state index in [-0.39, 0.29) is 11.5 Å². The molecule has 0 fully saturated rings. The zero-order chi connectivity index (χ0) is 12.0.